The fraction of sp³-hybridized carbons (Fsp3) is 0.455. The van der Waals surface area contributed by atoms with Crippen molar-refractivity contribution in [2.45, 2.75) is 18.7 Å². The van der Waals surface area contributed by atoms with Crippen molar-refractivity contribution in [3.8, 4) is 0 Å². The zero-order chi connectivity index (χ0) is 12.7. The molecule has 1 heterocycles. The zero-order valence-electron chi connectivity index (χ0n) is 9.36. The van der Waals surface area contributed by atoms with Gasteiger partial charge in [-0.25, -0.2) is 0 Å². The standard InChI is InChI=1S/C11H14ClN.HNO3/c12-8-9-1-2-10-3-5-13-6-4-11(10)7-9;2-1(3)4/h1-2,7,13H,3-6,8H2;(H,2,3,4). The Balaban J connectivity index is 0.000000317. The first-order chi connectivity index (χ1) is 8.13. The van der Waals surface area contributed by atoms with Crippen LogP contribution < -0.4 is 5.32 Å². The number of fused-ring (bicyclic) bond motifs is 1. The molecule has 0 unspecified atom stereocenters. The van der Waals surface area contributed by atoms with Crippen molar-refractivity contribution in [2.24, 2.45) is 0 Å². The Kier molecular flexibility index (Phi) is 5.72. The third kappa shape index (κ3) is 5.01. The molecule has 1 aliphatic rings. The minimum Gasteiger partial charge on any atom is -0.328 e. The molecular weight excluding hydrogens is 244 g/mol. The minimum atomic E-state index is -1.50. The van der Waals surface area contributed by atoms with Gasteiger partial charge >= 0.3 is 0 Å². The Hall–Kier alpha value is -1.33. The lowest BCUT2D eigenvalue weighted by Gasteiger charge is -2.06. The second-order valence-corrected chi connectivity index (χ2v) is 3.99. The zero-order valence-corrected chi connectivity index (χ0v) is 10.1. The smallest absolute Gasteiger partial charge is 0.291 e. The average molecular weight is 259 g/mol. The summed E-state index contributed by atoms with van der Waals surface area (Å²) < 4.78 is 0. The quantitative estimate of drug-likeness (QED) is 0.457. The highest BCUT2D eigenvalue weighted by Gasteiger charge is 2.07. The monoisotopic (exact) mass is 258 g/mol. The number of benzene rings is 1. The van der Waals surface area contributed by atoms with Crippen molar-refractivity contribution in [1.29, 1.82) is 0 Å². The highest BCUT2D eigenvalue weighted by molar-refractivity contribution is 6.17. The normalized spacial score (nSPS) is 13.9. The number of rotatable bonds is 1. The second-order valence-electron chi connectivity index (χ2n) is 3.72. The Morgan fingerprint density at radius 3 is 2.53 bits per heavy atom. The molecule has 0 aliphatic carbocycles. The largest absolute Gasteiger partial charge is 0.328 e. The Morgan fingerprint density at radius 1 is 1.35 bits per heavy atom. The molecule has 0 aromatic heterocycles. The highest BCUT2D eigenvalue weighted by atomic mass is 35.5. The van der Waals surface area contributed by atoms with Gasteiger partial charge in [0.1, 0.15) is 0 Å². The molecule has 2 N–H and O–H groups in total. The van der Waals surface area contributed by atoms with Crippen molar-refractivity contribution < 1.29 is 10.3 Å². The SMILES string of the molecule is ClCc1ccc2c(c1)CCNCC2.O=[N+]([O-])O. The van der Waals surface area contributed by atoms with Gasteiger partial charge in [0.05, 0.1) is 0 Å². The van der Waals surface area contributed by atoms with Gasteiger partial charge in [-0.2, -0.15) is 0 Å². The fourth-order valence-corrected chi connectivity index (χ4v) is 1.98. The molecule has 0 saturated heterocycles. The number of halogens is 1. The molecule has 0 bridgehead atoms. The van der Waals surface area contributed by atoms with E-state index >= 15 is 0 Å². The molecule has 17 heavy (non-hydrogen) atoms. The molecule has 94 valence electrons. The third-order valence-corrected chi connectivity index (χ3v) is 2.88. The van der Waals surface area contributed by atoms with Gasteiger partial charge in [0.25, 0.3) is 5.09 Å². The Morgan fingerprint density at radius 2 is 1.94 bits per heavy atom. The van der Waals surface area contributed by atoms with Gasteiger partial charge in [-0.05, 0) is 42.6 Å². The fourth-order valence-electron chi connectivity index (χ4n) is 1.81. The van der Waals surface area contributed by atoms with Crippen molar-refractivity contribution in [3.05, 3.63) is 45.0 Å². The van der Waals surface area contributed by atoms with Crippen LogP contribution in [0.4, 0.5) is 0 Å². The summed E-state index contributed by atoms with van der Waals surface area (Å²) in [6, 6.07) is 6.60. The molecule has 0 atom stereocenters. The van der Waals surface area contributed by atoms with E-state index in [1.807, 2.05) is 0 Å². The van der Waals surface area contributed by atoms with Crippen molar-refractivity contribution in [2.75, 3.05) is 13.1 Å². The number of hydrogen-bond donors (Lipinski definition) is 2. The maximum absolute atomic E-state index is 8.36. The lowest BCUT2D eigenvalue weighted by molar-refractivity contribution is -0.742. The Labute approximate surface area is 105 Å². The summed E-state index contributed by atoms with van der Waals surface area (Å²) in [6.07, 6.45) is 2.29. The van der Waals surface area contributed by atoms with E-state index in [9.17, 15) is 0 Å². The van der Waals surface area contributed by atoms with Crippen LogP contribution in [0, 0.1) is 10.1 Å². The van der Waals surface area contributed by atoms with Gasteiger partial charge in [0, 0.05) is 5.88 Å². The van der Waals surface area contributed by atoms with E-state index in [-0.39, 0.29) is 0 Å². The van der Waals surface area contributed by atoms with Crippen LogP contribution in [0.3, 0.4) is 0 Å². The van der Waals surface area contributed by atoms with E-state index in [0.29, 0.717) is 5.88 Å². The number of hydrogen-bond acceptors (Lipinski definition) is 3. The minimum absolute atomic E-state index is 0.626. The molecule has 1 aromatic carbocycles. The van der Waals surface area contributed by atoms with Gasteiger partial charge in [-0.15, -0.1) is 21.7 Å². The van der Waals surface area contributed by atoms with E-state index in [2.05, 4.69) is 23.5 Å². The van der Waals surface area contributed by atoms with E-state index in [4.69, 9.17) is 26.9 Å². The lowest BCUT2D eigenvalue weighted by atomic mass is 10.0. The van der Waals surface area contributed by atoms with Gasteiger partial charge in [0.2, 0.25) is 0 Å². The first-order valence-corrected chi connectivity index (χ1v) is 5.87. The summed E-state index contributed by atoms with van der Waals surface area (Å²) in [7, 11) is 0. The summed E-state index contributed by atoms with van der Waals surface area (Å²) in [5.41, 5.74) is 4.20. The highest BCUT2D eigenvalue weighted by Crippen LogP contribution is 2.16. The van der Waals surface area contributed by atoms with Crippen molar-refractivity contribution in [1.82, 2.24) is 5.32 Å². The maximum Gasteiger partial charge on any atom is 0.291 e. The first-order valence-electron chi connectivity index (χ1n) is 5.34. The van der Waals surface area contributed by atoms with Crippen LogP contribution in [0.2, 0.25) is 0 Å². The number of nitrogens with one attached hydrogen (secondary N) is 1. The van der Waals surface area contributed by atoms with Crippen LogP contribution in [-0.4, -0.2) is 23.4 Å². The van der Waals surface area contributed by atoms with Crippen molar-refractivity contribution >= 4 is 11.6 Å². The summed E-state index contributed by atoms with van der Waals surface area (Å²) in [5, 5.41) is 17.0. The molecule has 2 rings (SSSR count). The Bertz CT molecular complexity index is 381. The van der Waals surface area contributed by atoms with Gasteiger partial charge < -0.3 is 10.5 Å². The van der Waals surface area contributed by atoms with Crippen LogP contribution in [0.1, 0.15) is 16.7 Å². The van der Waals surface area contributed by atoms with E-state index in [1.165, 1.54) is 16.7 Å². The molecular formula is C11H15ClN2O3. The number of alkyl halides is 1. The molecule has 0 saturated carbocycles. The van der Waals surface area contributed by atoms with Gasteiger partial charge in [0.15, 0.2) is 0 Å². The number of nitrogens with zero attached hydrogens (tertiary/aromatic N) is 1. The molecule has 0 fully saturated rings. The van der Waals surface area contributed by atoms with Gasteiger partial charge in [-0.3, -0.25) is 0 Å². The van der Waals surface area contributed by atoms with E-state index in [1.54, 1.807) is 0 Å². The summed E-state index contributed by atoms with van der Waals surface area (Å²) >= 11 is 5.79. The van der Waals surface area contributed by atoms with E-state index < -0.39 is 5.09 Å². The molecule has 0 spiro atoms. The van der Waals surface area contributed by atoms with Crippen LogP contribution in [-0.2, 0) is 18.7 Å². The second kappa shape index (κ2) is 7.09. The molecule has 0 radical (unpaired) electrons. The average Bonchev–Trinajstić information content (AvgIpc) is 2.52. The maximum atomic E-state index is 8.36. The lowest BCUT2D eigenvalue weighted by Crippen LogP contribution is -2.16. The topological polar surface area (TPSA) is 75.4 Å². The summed E-state index contributed by atoms with van der Waals surface area (Å²) in [4.78, 5) is 8.36. The van der Waals surface area contributed by atoms with Crippen LogP contribution in [0.15, 0.2) is 18.2 Å². The molecule has 1 aromatic rings. The van der Waals surface area contributed by atoms with E-state index in [0.717, 1.165) is 25.9 Å². The van der Waals surface area contributed by atoms with Crippen molar-refractivity contribution in [3.63, 3.8) is 0 Å². The predicted molar refractivity (Wildman–Crippen MR) is 65.1 cm³/mol. The van der Waals surface area contributed by atoms with Crippen LogP contribution in [0.25, 0.3) is 0 Å². The molecule has 5 nitrogen and oxygen atoms in total. The van der Waals surface area contributed by atoms with Gasteiger partial charge in [-0.1, -0.05) is 18.2 Å². The summed E-state index contributed by atoms with van der Waals surface area (Å²) in [6.45, 7) is 2.20. The van der Waals surface area contributed by atoms with Crippen LogP contribution >= 0.6 is 11.6 Å². The molecule has 1 aliphatic heterocycles. The van der Waals surface area contributed by atoms with Crippen LogP contribution in [0.5, 0.6) is 0 Å². The molecule has 6 heteroatoms. The molecule has 0 amide bonds. The predicted octanol–water partition coefficient (Wildman–Crippen LogP) is 1.77. The third-order valence-electron chi connectivity index (χ3n) is 2.57. The first kappa shape index (κ1) is 13.7. The summed E-state index contributed by atoms with van der Waals surface area (Å²) in [5.74, 6) is 0.626.